The first-order chi connectivity index (χ1) is 8.95. The third-order valence-corrected chi connectivity index (χ3v) is 3.43. The highest BCUT2D eigenvalue weighted by Gasteiger charge is 2.51. The number of aliphatic carboxylic acids is 1. The quantitative estimate of drug-likeness (QED) is 0.399. The van der Waals surface area contributed by atoms with Gasteiger partial charge in [-0.1, -0.05) is 42.5 Å². The molecular formula is C13H10ClNO4. The molecule has 2 rings (SSSR count). The predicted octanol–water partition coefficient (Wildman–Crippen LogP) is 2.55. The van der Waals surface area contributed by atoms with Gasteiger partial charge in [0.15, 0.2) is 5.92 Å². The molecule has 0 aromatic heterocycles. The largest absolute Gasteiger partial charge is 0.481 e. The number of hydrogen-bond acceptors (Lipinski definition) is 3. The molecule has 0 saturated heterocycles. The number of nitrogens with zero attached hydrogens (tertiary/aromatic N) is 1. The summed E-state index contributed by atoms with van der Waals surface area (Å²) in [5, 5.41) is 20.1. The zero-order valence-electron chi connectivity index (χ0n) is 9.69. The molecule has 1 aliphatic carbocycles. The average molecular weight is 280 g/mol. The lowest BCUT2D eigenvalue weighted by atomic mass is 9.88. The van der Waals surface area contributed by atoms with Crippen molar-refractivity contribution in [1.82, 2.24) is 0 Å². The van der Waals surface area contributed by atoms with Gasteiger partial charge in [-0.05, 0) is 22.7 Å². The molecule has 1 N–H and O–H groups in total. The average Bonchev–Trinajstić information content (AvgIpc) is 2.39. The van der Waals surface area contributed by atoms with Crippen LogP contribution >= 0.6 is 11.6 Å². The summed E-state index contributed by atoms with van der Waals surface area (Å²) in [6.45, 7) is 0. The molecule has 1 aliphatic rings. The van der Waals surface area contributed by atoms with Crippen LogP contribution in [0.15, 0.2) is 48.6 Å². The summed E-state index contributed by atoms with van der Waals surface area (Å²) in [5.74, 6) is -2.74. The number of hydrogen-bond donors (Lipinski definition) is 1. The van der Waals surface area contributed by atoms with Gasteiger partial charge in [-0.25, -0.2) is 0 Å². The Labute approximate surface area is 114 Å². The second-order valence-electron chi connectivity index (χ2n) is 4.12. The van der Waals surface area contributed by atoms with E-state index >= 15 is 0 Å². The van der Waals surface area contributed by atoms with Gasteiger partial charge in [0.05, 0.1) is 0 Å². The topological polar surface area (TPSA) is 80.4 Å². The lowest BCUT2D eigenvalue weighted by molar-refractivity contribution is -0.533. The molecule has 19 heavy (non-hydrogen) atoms. The molecule has 0 aliphatic heterocycles. The van der Waals surface area contributed by atoms with Crippen LogP contribution in [0.3, 0.4) is 0 Å². The Balaban J connectivity index is 2.45. The van der Waals surface area contributed by atoms with Crippen molar-refractivity contribution in [2.24, 2.45) is 5.92 Å². The molecule has 2 atom stereocenters. The number of carbonyl (C=O) groups is 1. The number of nitro groups is 1. The van der Waals surface area contributed by atoms with Crippen LogP contribution in [-0.2, 0) is 4.79 Å². The van der Waals surface area contributed by atoms with E-state index in [4.69, 9.17) is 16.7 Å². The highest BCUT2D eigenvalue weighted by Crippen LogP contribution is 2.36. The van der Waals surface area contributed by atoms with E-state index < -0.39 is 21.8 Å². The predicted molar refractivity (Wildman–Crippen MR) is 70.3 cm³/mol. The number of halogens is 1. The smallest absolute Gasteiger partial charge is 0.330 e. The fourth-order valence-corrected chi connectivity index (χ4v) is 2.12. The second kappa shape index (κ2) is 4.85. The third kappa shape index (κ3) is 2.37. The molecule has 0 spiro atoms. The van der Waals surface area contributed by atoms with Crippen molar-refractivity contribution < 1.29 is 14.8 Å². The van der Waals surface area contributed by atoms with Gasteiger partial charge in [-0.2, -0.15) is 0 Å². The number of benzene rings is 1. The van der Waals surface area contributed by atoms with Gasteiger partial charge in [0.2, 0.25) is 0 Å². The molecule has 0 heterocycles. The van der Waals surface area contributed by atoms with Gasteiger partial charge in [0, 0.05) is 11.0 Å². The van der Waals surface area contributed by atoms with Gasteiger partial charge in [-0.3, -0.25) is 14.9 Å². The van der Waals surface area contributed by atoms with E-state index in [1.165, 1.54) is 12.2 Å². The summed E-state index contributed by atoms with van der Waals surface area (Å²) in [6, 6.07) is 9.02. The van der Waals surface area contributed by atoms with Crippen molar-refractivity contribution in [1.29, 1.82) is 0 Å². The Morgan fingerprint density at radius 1 is 1.37 bits per heavy atom. The number of carboxylic acids is 1. The van der Waals surface area contributed by atoms with Crippen LogP contribution in [0.4, 0.5) is 0 Å². The van der Waals surface area contributed by atoms with Gasteiger partial charge in [0.1, 0.15) is 0 Å². The van der Waals surface area contributed by atoms with Crippen LogP contribution in [0.25, 0.3) is 5.57 Å². The lowest BCUT2D eigenvalue weighted by Gasteiger charge is -2.23. The van der Waals surface area contributed by atoms with E-state index in [2.05, 4.69) is 0 Å². The summed E-state index contributed by atoms with van der Waals surface area (Å²) < 4.78 is 0. The minimum atomic E-state index is -2.13. The van der Waals surface area contributed by atoms with E-state index in [0.29, 0.717) is 5.57 Å². The van der Waals surface area contributed by atoms with Crippen molar-refractivity contribution in [2.45, 2.75) is 5.00 Å². The molecule has 0 bridgehead atoms. The van der Waals surface area contributed by atoms with Gasteiger partial charge in [0.25, 0.3) is 0 Å². The number of alkyl halides is 1. The molecule has 0 saturated carbocycles. The van der Waals surface area contributed by atoms with Crippen LogP contribution in [0.1, 0.15) is 5.56 Å². The van der Waals surface area contributed by atoms with E-state index in [1.807, 2.05) is 6.07 Å². The lowest BCUT2D eigenvalue weighted by Crippen LogP contribution is -2.43. The van der Waals surface area contributed by atoms with E-state index in [1.54, 1.807) is 24.3 Å². The maximum atomic E-state index is 11.2. The Morgan fingerprint density at radius 3 is 2.53 bits per heavy atom. The van der Waals surface area contributed by atoms with E-state index in [9.17, 15) is 14.9 Å². The van der Waals surface area contributed by atoms with E-state index in [-0.39, 0.29) is 0 Å². The van der Waals surface area contributed by atoms with Gasteiger partial charge < -0.3 is 5.11 Å². The summed E-state index contributed by atoms with van der Waals surface area (Å²) >= 11 is 5.81. The van der Waals surface area contributed by atoms with Crippen molar-refractivity contribution in [2.75, 3.05) is 0 Å². The maximum Gasteiger partial charge on any atom is 0.330 e. The van der Waals surface area contributed by atoms with Crippen LogP contribution in [0, 0.1) is 16.0 Å². The normalized spacial score (nSPS) is 25.7. The number of carboxylic acid groups (broad SMARTS) is 1. The Hall–Kier alpha value is -2.14. The summed E-state index contributed by atoms with van der Waals surface area (Å²) in [4.78, 5) is 19.2. The fraction of sp³-hybridized carbons (Fsp3) is 0.154. The van der Waals surface area contributed by atoms with Crippen molar-refractivity contribution in [3.63, 3.8) is 0 Å². The molecule has 0 amide bonds. The van der Waals surface area contributed by atoms with Crippen molar-refractivity contribution in [3.8, 4) is 0 Å². The highest BCUT2D eigenvalue weighted by molar-refractivity contribution is 6.26. The number of rotatable bonds is 3. The second-order valence-corrected chi connectivity index (χ2v) is 4.73. The molecule has 6 heteroatoms. The number of allylic oxidation sites excluding steroid dienone is 2. The fourth-order valence-electron chi connectivity index (χ4n) is 1.90. The zero-order chi connectivity index (χ0) is 14.0. The molecule has 0 fully saturated rings. The molecule has 1 aromatic rings. The SMILES string of the molecule is O=C(O)C1C=C(c2ccccc2)C=CC1(Cl)[N+](=O)[O-]. The summed E-state index contributed by atoms with van der Waals surface area (Å²) in [6.07, 6.45) is 3.91. The monoisotopic (exact) mass is 279 g/mol. The molecule has 0 radical (unpaired) electrons. The molecule has 5 nitrogen and oxygen atoms in total. The van der Waals surface area contributed by atoms with Crippen molar-refractivity contribution >= 4 is 23.1 Å². The first-order valence-electron chi connectivity index (χ1n) is 5.48. The maximum absolute atomic E-state index is 11.2. The molecule has 1 aromatic carbocycles. The Bertz CT molecular complexity index is 582. The minimum Gasteiger partial charge on any atom is -0.481 e. The van der Waals surface area contributed by atoms with Crippen LogP contribution in [-0.4, -0.2) is 21.0 Å². The van der Waals surface area contributed by atoms with Crippen LogP contribution in [0.5, 0.6) is 0 Å². The Kier molecular flexibility index (Phi) is 3.40. The van der Waals surface area contributed by atoms with Crippen LogP contribution < -0.4 is 0 Å². The zero-order valence-corrected chi connectivity index (χ0v) is 10.4. The third-order valence-electron chi connectivity index (χ3n) is 2.93. The molecular weight excluding hydrogens is 270 g/mol. The highest BCUT2D eigenvalue weighted by atomic mass is 35.5. The molecule has 98 valence electrons. The van der Waals surface area contributed by atoms with E-state index in [0.717, 1.165) is 11.6 Å². The standard InChI is InChI=1S/C13H10ClNO4/c14-13(15(18)19)7-6-10(8-11(13)12(16)17)9-4-2-1-3-5-9/h1-8,11H,(H,16,17). The van der Waals surface area contributed by atoms with Crippen LogP contribution in [0.2, 0.25) is 0 Å². The first-order valence-corrected chi connectivity index (χ1v) is 5.85. The first kappa shape index (κ1) is 13.3. The Morgan fingerprint density at radius 2 is 2.00 bits per heavy atom. The van der Waals surface area contributed by atoms with Gasteiger partial charge in [-0.15, -0.1) is 0 Å². The van der Waals surface area contributed by atoms with Crippen molar-refractivity contribution in [3.05, 3.63) is 64.2 Å². The van der Waals surface area contributed by atoms with Gasteiger partial charge >= 0.3 is 11.0 Å². The minimum absolute atomic E-state index is 0.603. The summed E-state index contributed by atoms with van der Waals surface area (Å²) in [5.41, 5.74) is 1.39. The molecule has 2 unspecified atom stereocenters. The summed E-state index contributed by atoms with van der Waals surface area (Å²) in [7, 11) is 0.